The molecular weight excluding hydrogens is 296 g/mol. The van der Waals surface area contributed by atoms with E-state index in [1.54, 1.807) is 13.8 Å². The Morgan fingerprint density at radius 1 is 0.900 bits per heavy atom. The number of hydrogen-bond acceptors (Lipinski definition) is 6. The highest BCUT2D eigenvalue weighted by atomic mass is 32.2. The maximum Gasteiger partial charge on any atom is 0.251 e. The zero-order chi connectivity index (χ0) is 14.5. The Balaban J connectivity index is 1.87. The van der Waals surface area contributed by atoms with Crippen LogP contribution in [0.15, 0.2) is 32.0 Å². The molecular formula is C12H14N4O2S2. The van der Waals surface area contributed by atoms with Gasteiger partial charge in [-0.1, -0.05) is 23.5 Å². The van der Waals surface area contributed by atoms with Gasteiger partial charge in [0.1, 0.15) is 0 Å². The van der Waals surface area contributed by atoms with E-state index in [1.165, 1.54) is 35.7 Å². The van der Waals surface area contributed by atoms with Crippen molar-refractivity contribution >= 4 is 23.5 Å². The molecule has 0 unspecified atom stereocenters. The minimum atomic E-state index is -0.141. The standard InChI is InChI=1S/C12H14N4O2S2/c1-7-5-9(17)15-11(13-7)19-3-4-20-12-14-8(2)6-10(18)16-12/h5-6H,3-4H2,1-2H3,(H,13,15,17)(H,14,16,18). The SMILES string of the molecule is Cc1cc(=O)[nH]c(SCCSc2nc(C)cc(=O)[nH]2)n1. The highest BCUT2D eigenvalue weighted by Crippen LogP contribution is 2.17. The smallest absolute Gasteiger partial charge is 0.251 e. The molecule has 0 aromatic carbocycles. The zero-order valence-electron chi connectivity index (χ0n) is 11.1. The van der Waals surface area contributed by atoms with Crippen LogP contribution in [0, 0.1) is 13.8 Å². The third-order valence-corrected chi connectivity index (χ3v) is 4.27. The van der Waals surface area contributed by atoms with Gasteiger partial charge in [0.25, 0.3) is 11.1 Å². The first kappa shape index (κ1) is 14.9. The first-order valence-electron chi connectivity index (χ1n) is 5.94. The fourth-order valence-electron chi connectivity index (χ4n) is 1.52. The lowest BCUT2D eigenvalue weighted by atomic mass is 10.5. The van der Waals surface area contributed by atoms with Crippen LogP contribution in [-0.4, -0.2) is 31.4 Å². The average Bonchev–Trinajstić information content (AvgIpc) is 2.32. The maximum absolute atomic E-state index is 11.3. The fraction of sp³-hybridized carbons (Fsp3) is 0.333. The summed E-state index contributed by atoms with van der Waals surface area (Å²) in [7, 11) is 0. The Morgan fingerprint density at radius 2 is 1.30 bits per heavy atom. The molecule has 0 atom stereocenters. The molecule has 2 heterocycles. The van der Waals surface area contributed by atoms with Crippen molar-refractivity contribution in [3.63, 3.8) is 0 Å². The molecule has 0 bridgehead atoms. The number of nitrogens with zero attached hydrogens (tertiary/aromatic N) is 2. The third-order valence-electron chi connectivity index (χ3n) is 2.26. The number of H-pyrrole nitrogens is 2. The molecule has 0 spiro atoms. The monoisotopic (exact) mass is 310 g/mol. The molecule has 2 aromatic heterocycles. The van der Waals surface area contributed by atoms with E-state index in [4.69, 9.17) is 0 Å². The molecule has 2 rings (SSSR count). The maximum atomic E-state index is 11.3. The van der Waals surface area contributed by atoms with Crippen molar-refractivity contribution in [2.45, 2.75) is 24.2 Å². The first-order chi connectivity index (χ1) is 9.52. The summed E-state index contributed by atoms with van der Waals surface area (Å²) in [4.78, 5) is 36.4. The first-order valence-corrected chi connectivity index (χ1v) is 7.91. The molecule has 20 heavy (non-hydrogen) atoms. The van der Waals surface area contributed by atoms with Crippen LogP contribution >= 0.6 is 23.5 Å². The van der Waals surface area contributed by atoms with E-state index in [2.05, 4.69) is 19.9 Å². The van der Waals surface area contributed by atoms with E-state index in [9.17, 15) is 9.59 Å². The van der Waals surface area contributed by atoms with Crippen molar-refractivity contribution in [2.24, 2.45) is 0 Å². The Labute approximate surface area is 123 Å². The summed E-state index contributed by atoms with van der Waals surface area (Å²) in [6.07, 6.45) is 0. The van der Waals surface area contributed by atoms with Gasteiger partial charge in [-0.05, 0) is 13.8 Å². The fourth-order valence-corrected chi connectivity index (χ4v) is 3.33. The van der Waals surface area contributed by atoms with Crippen molar-refractivity contribution in [3.8, 4) is 0 Å². The van der Waals surface area contributed by atoms with E-state index >= 15 is 0 Å². The van der Waals surface area contributed by atoms with E-state index < -0.39 is 0 Å². The largest absolute Gasteiger partial charge is 0.301 e. The van der Waals surface area contributed by atoms with E-state index in [0.29, 0.717) is 21.7 Å². The predicted octanol–water partition coefficient (Wildman–Crippen LogP) is 1.35. The third kappa shape index (κ3) is 4.53. The van der Waals surface area contributed by atoms with Crippen LogP contribution < -0.4 is 11.1 Å². The molecule has 0 aliphatic rings. The van der Waals surface area contributed by atoms with Gasteiger partial charge in [0.05, 0.1) is 0 Å². The second-order valence-corrected chi connectivity index (χ2v) is 6.25. The lowest BCUT2D eigenvalue weighted by molar-refractivity contribution is 0.903. The Hall–Kier alpha value is -1.54. The lowest BCUT2D eigenvalue weighted by Crippen LogP contribution is -2.09. The van der Waals surface area contributed by atoms with E-state index in [0.717, 1.165) is 11.5 Å². The van der Waals surface area contributed by atoms with Crippen LogP contribution in [0.3, 0.4) is 0 Å². The van der Waals surface area contributed by atoms with Crippen LogP contribution in [-0.2, 0) is 0 Å². The molecule has 2 aromatic rings. The van der Waals surface area contributed by atoms with Gasteiger partial charge in [0.15, 0.2) is 10.3 Å². The molecule has 0 saturated carbocycles. The summed E-state index contributed by atoms with van der Waals surface area (Å²) in [6.45, 7) is 3.57. The van der Waals surface area contributed by atoms with Crippen molar-refractivity contribution < 1.29 is 0 Å². The van der Waals surface area contributed by atoms with Crippen molar-refractivity contribution in [1.29, 1.82) is 0 Å². The lowest BCUT2D eigenvalue weighted by Gasteiger charge is -2.02. The zero-order valence-corrected chi connectivity index (χ0v) is 12.7. The predicted molar refractivity (Wildman–Crippen MR) is 80.6 cm³/mol. The van der Waals surface area contributed by atoms with Crippen LogP contribution in [0.1, 0.15) is 11.4 Å². The van der Waals surface area contributed by atoms with Crippen LogP contribution in [0.2, 0.25) is 0 Å². The van der Waals surface area contributed by atoms with E-state index in [-0.39, 0.29) is 11.1 Å². The summed E-state index contributed by atoms with van der Waals surface area (Å²) in [5.74, 6) is 1.52. The molecule has 6 nitrogen and oxygen atoms in total. The average molecular weight is 310 g/mol. The van der Waals surface area contributed by atoms with Crippen LogP contribution in [0.5, 0.6) is 0 Å². The van der Waals surface area contributed by atoms with Gasteiger partial charge in [-0.15, -0.1) is 0 Å². The van der Waals surface area contributed by atoms with Gasteiger partial charge < -0.3 is 9.97 Å². The van der Waals surface area contributed by atoms with Gasteiger partial charge in [-0.2, -0.15) is 0 Å². The highest BCUT2D eigenvalue weighted by molar-refractivity contribution is 8.02. The van der Waals surface area contributed by atoms with Crippen molar-refractivity contribution in [2.75, 3.05) is 11.5 Å². The minimum absolute atomic E-state index is 0.141. The Bertz CT molecular complexity index is 650. The van der Waals surface area contributed by atoms with Gasteiger partial charge in [0, 0.05) is 35.0 Å². The quantitative estimate of drug-likeness (QED) is 0.492. The second kappa shape index (κ2) is 6.76. The molecule has 8 heteroatoms. The van der Waals surface area contributed by atoms with Crippen LogP contribution in [0.4, 0.5) is 0 Å². The number of aromatic nitrogens is 4. The molecule has 106 valence electrons. The summed E-state index contributed by atoms with van der Waals surface area (Å²) >= 11 is 2.94. The second-order valence-electron chi connectivity index (χ2n) is 4.08. The summed E-state index contributed by atoms with van der Waals surface area (Å²) < 4.78 is 0. The van der Waals surface area contributed by atoms with E-state index in [1.807, 2.05) is 0 Å². The summed E-state index contributed by atoms with van der Waals surface area (Å²) in [5, 5.41) is 1.22. The molecule has 0 aliphatic heterocycles. The minimum Gasteiger partial charge on any atom is -0.301 e. The van der Waals surface area contributed by atoms with Gasteiger partial charge in [0.2, 0.25) is 0 Å². The van der Waals surface area contributed by atoms with Crippen molar-refractivity contribution in [1.82, 2.24) is 19.9 Å². The summed E-state index contributed by atoms with van der Waals surface area (Å²) in [5.41, 5.74) is 1.12. The van der Waals surface area contributed by atoms with Crippen molar-refractivity contribution in [3.05, 3.63) is 44.2 Å². The molecule has 0 aliphatic carbocycles. The number of hydrogen-bond donors (Lipinski definition) is 2. The number of rotatable bonds is 5. The normalized spacial score (nSPS) is 10.7. The number of nitrogens with one attached hydrogen (secondary N) is 2. The molecule has 2 N–H and O–H groups in total. The highest BCUT2D eigenvalue weighted by Gasteiger charge is 2.02. The van der Waals surface area contributed by atoms with Gasteiger partial charge in [-0.3, -0.25) is 9.59 Å². The van der Waals surface area contributed by atoms with Gasteiger partial charge in [-0.25, -0.2) is 9.97 Å². The number of aromatic amines is 2. The number of thioether (sulfide) groups is 2. The van der Waals surface area contributed by atoms with Gasteiger partial charge >= 0.3 is 0 Å². The Morgan fingerprint density at radius 3 is 1.65 bits per heavy atom. The molecule has 0 saturated heterocycles. The number of aryl methyl sites for hydroxylation is 2. The molecule has 0 fully saturated rings. The molecule has 0 radical (unpaired) electrons. The molecule has 0 amide bonds. The Kier molecular flexibility index (Phi) is 5.02. The topological polar surface area (TPSA) is 91.5 Å². The van der Waals surface area contributed by atoms with Crippen LogP contribution in [0.25, 0.3) is 0 Å². The summed E-state index contributed by atoms with van der Waals surface area (Å²) in [6, 6.07) is 2.92.